The molecule has 2 nitrogen and oxygen atoms in total. The molecule has 2 rings (SSSR count). The van der Waals surface area contributed by atoms with E-state index in [4.69, 9.17) is 12.2 Å². The Morgan fingerprint density at radius 2 is 2.07 bits per heavy atom. The number of nitrogens with zero attached hydrogens (tertiary/aromatic N) is 1. The van der Waals surface area contributed by atoms with E-state index in [2.05, 4.69) is 9.97 Å². The maximum absolute atomic E-state index is 13.2. The Morgan fingerprint density at radius 3 is 2.73 bits per heavy atom. The fourth-order valence-corrected chi connectivity index (χ4v) is 1.59. The van der Waals surface area contributed by atoms with E-state index in [9.17, 15) is 4.39 Å². The van der Waals surface area contributed by atoms with E-state index in [0.29, 0.717) is 4.64 Å². The van der Waals surface area contributed by atoms with Gasteiger partial charge in [-0.05, 0) is 30.7 Å². The maximum Gasteiger partial charge on any atom is 0.124 e. The monoisotopic (exact) mass is 220 g/mol. The molecule has 0 amide bonds. The molecule has 0 fully saturated rings. The smallest absolute Gasteiger partial charge is 0.124 e. The van der Waals surface area contributed by atoms with E-state index in [1.165, 1.54) is 12.1 Å². The summed E-state index contributed by atoms with van der Waals surface area (Å²) < 4.78 is 13.7. The molecule has 0 atom stereocenters. The lowest BCUT2D eigenvalue weighted by atomic mass is 10.1. The fourth-order valence-electron chi connectivity index (χ4n) is 1.42. The van der Waals surface area contributed by atoms with E-state index < -0.39 is 0 Å². The molecule has 0 unspecified atom stereocenters. The molecule has 1 N–H and O–H groups in total. The molecule has 1 aromatic carbocycles. The van der Waals surface area contributed by atoms with Crippen LogP contribution in [0.3, 0.4) is 0 Å². The second-order valence-corrected chi connectivity index (χ2v) is 3.77. The van der Waals surface area contributed by atoms with Crippen molar-refractivity contribution in [2.45, 2.75) is 6.92 Å². The van der Waals surface area contributed by atoms with Gasteiger partial charge in [0.2, 0.25) is 0 Å². The lowest BCUT2D eigenvalue weighted by Gasteiger charge is -2.02. The van der Waals surface area contributed by atoms with Crippen molar-refractivity contribution in [3.8, 4) is 11.3 Å². The van der Waals surface area contributed by atoms with Gasteiger partial charge in [-0.3, -0.25) is 4.98 Å². The lowest BCUT2D eigenvalue weighted by Crippen LogP contribution is -1.88. The summed E-state index contributed by atoms with van der Waals surface area (Å²) >= 11 is 4.95. The molecule has 15 heavy (non-hydrogen) atoms. The normalized spacial score (nSPS) is 10.3. The Labute approximate surface area is 91.8 Å². The average Bonchev–Trinajstić information content (AvgIpc) is 2.16. The van der Waals surface area contributed by atoms with Crippen molar-refractivity contribution in [1.29, 1.82) is 0 Å². The number of hydrogen-bond acceptors (Lipinski definition) is 2. The number of hydrogen-bond donors (Lipinski definition) is 1. The van der Waals surface area contributed by atoms with E-state index in [0.717, 1.165) is 16.8 Å². The van der Waals surface area contributed by atoms with Gasteiger partial charge in [0.1, 0.15) is 10.5 Å². The summed E-state index contributed by atoms with van der Waals surface area (Å²) in [6.45, 7) is 1.84. The van der Waals surface area contributed by atoms with E-state index in [1.807, 2.05) is 13.0 Å². The number of aromatic amines is 1. The molecular weight excluding hydrogens is 211 g/mol. The Hall–Kier alpha value is -1.55. The maximum atomic E-state index is 13.2. The van der Waals surface area contributed by atoms with E-state index in [1.54, 1.807) is 12.4 Å². The van der Waals surface area contributed by atoms with Gasteiger partial charge in [-0.25, -0.2) is 4.39 Å². The molecule has 0 aliphatic rings. The third kappa shape index (κ3) is 2.27. The molecule has 0 spiro atoms. The van der Waals surface area contributed by atoms with Gasteiger partial charge in [-0.1, -0.05) is 12.2 Å². The van der Waals surface area contributed by atoms with Crippen LogP contribution in [0.1, 0.15) is 5.56 Å². The second-order valence-electron chi connectivity index (χ2n) is 3.33. The molecule has 0 radical (unpaired) electrons. The van der Waals surface area contributed by atoms with Crippen molar-refractivity contribution >= 4 is 12.2 Å². The van der Waals surface area contributed by atoms with Gasteiger partial charge in [0.15, 0.2) is 0 Å². The minimum atomic E-state index is -0.256. The first-order valence-electron chi connectivity index (χ1n) is 4.47. The van der Waals surface area contributed by atoms with Gasteiger partial charge in [0.05, 0.1) is 18.1 Å². The zero-order valence-electron chi connectivity index (χ0n) is 8.12. The van der Waals surface area contributed by atoms with Crippen LogP contribution in [-0.2, 0) is 0 Å². The van der Waals surface area contributed by atoms with Gasteiger partial charge in [-0.15, -0.1) is 0 Å². The summed E-state index contributed by atoms with van der Waals surface area (Å²) in [6.07, 6.45) is 3.18. The predicted octanol–water partition coefficient (Wildman–Crippen LogP) is 3.25. The third-order valence-electron chi connectivity index (χ3n) is 2.01. The first-order valence-corrected chi connectivity index (χ1v) is 4.88. The van der Waals surface area contributed by atoms with Crippen LogP contribution < -0.4 is 0 Å². The van der Waals surface area contributed by atoms with Crippen LogP contribution in [0.2, 0.25) is 0 Å². The van der Waals surface area contributed by atoms with Gasteiger partial charge >= 0.3 is 0 Å². The minimum Gasteiger partial charge on any atom is -0.344 e. The molecule has 1 aromatic heterocycles. The topological polar surface area (TPSA) is 28.7 Å². The first kappa shape index (κ1) is 9.98. The summed E-state index contributed by atoms with van der Waals surface area (Å²) in [7, 11) is 0. The Bertz CT molecular complexity index is 528. The molecule has 76 valence electrons. The summed E-state index contributed by atoms with van der Waals surface area (Å²) in [5.41, 5.74) is 2.35. The zero-order chi connectivity index (χ0) is 10.8. The number of aryl methyl sites for hydroxylation is 1. The van der Waals surface area contributed by atoms with Crippen molar-refractivity contribution in [2.24, 2.45) is 0 Å². The number of rotatable bonds is 1. The quantitative estimate of drug-likeness (QED) is 0.747. The van der Waals surface area contributed by atoms with Crippen LogP contribution >= 0.6 is 12.2 Å². The van der Waals surface area contributed by atoms with Crippen LogP contribution in [0.15, 0.2) is 30.6 Å². The molecule has 1 heterocycles. The summed E-state index contributed by atoms with van der Waals surface area (Å²) in [4.78, 5) is 6.93. The Morgan fingerprint density at radius 1 is 1.27 bits per heavy atom. The molecule has 0 aliphatic heterocycles. The van der Waals surface area contributed by atoms with Gasteiger partial charge in [-0.2, -0.15) is 0 Å². The number of H-pyrrole nitrogens is 1. The highest BCUT2D eigenvalue weighted by molar-refractivity contribution is 7.71. The zero-order valence-corrected chi connectivity index (χ0v) is 8.94. The van der Waals surface area contributed by atoms with Crippen LogP contribution in [0, 0.1) is 17.4 Å². The fraction of sp³-hybridized carbons (Fsp3) is 0.0909. The largest absolute Gasteiger partial charge is 0.344 e. The molecule has 0 saturated carbocycles. The van der Waals surface area contributed by atoms with Crippen LogP contribution in [0.25, 0.3) is 11.3 Å². The number of nitrogens with one attached hydrogen (secondary N) is 1. The SMILES string of the molecule is Cc1cc(F)cc(-c2cncc(=S)[nH]2)c1. The highest BCUT2D eigenvalue weighted by Gasteiger charge is 2.01. The van der Waals surface area contributed by atoms with Gasteiger partial charge < -0.3 is 4.98 Å². The third-order valence-corrected chi connectivity index (χ3v) is 2.21. The summed E-state index contributed by atoms with van der Waals surface area (Å²) in [6, 6.07) is 4.81. The molecule has 0 bridgehead atoms. The molecule has 2 aromatic rings. The molecule has 0 aliphatic carbocycles. The van der Waals surface area contributed by atoms with Crippen molar-refractivity contribution in [1.82, 2.24) is 9.97 Å². The van der Waals surface area contributed by atoms with Gasteiger partial charge in [0.25, 0.3) is 0 Å². The standard InChI is InChI=1S/C11H9FN2S/c1-7-2-8(4-9(12)3-7)10-5-13-6-11(15)14-10/h2-6H,1H3,(H,14,15). The second kappa shape index (κ2) is 3.90. The molecule has 0 saturated heterocycles. The Balaban J connectivity index is 2.58. The summed E-state index contributed by atoms with van der Waals surface area (Å²) in [5.74, 6) is -0.256. The van der Waals surface area contributed by atoms with Crippen LogP contribution in [0.4, 0.5) is 4.39 Å². The van der Waals surface area contributed by atoms with Crippen LogP contribution in [0.5, 0.6) is 0 Å². The van der Waals surface area contributed by atoms with Crippen molar-refractivity contribution in [3.05, 3.63) is 46.6 Å². The lowest BCUT2D eigenvalue weighted by molar-refractivity contribution is 0.627. The first-order chi connectivity index (χ1) is 7.15. The van der Waals surface area contributed by atoms with Crippen molar-refractivity contribution < 1.29 is 4.39 Å². The Kier molecular flexibility index (Phi) is 2.60. The number of halogens is 1. The number of aromatic nitrogens is 2. The minimum absolute atomic E-state index is 0.256. The predicted molar refractivity (Wildman–Crippen MR) is 59.6 cm³/mol. The van der Waals surface area contributed by atoms with Crippen LogP contribution in [-0.4, -0.2) is 9.97 Å². The highest BCUT2D eigenvalue weighted by Crippen LogP contribution is 2.18. The van der Waals surface area contributed by atoms with Crippen molar-refractivity contribution in [3.63, 3.8) is 0 Å². The molecular formula is C11H9FN2S. The average molecular weight is 220 g/mol. The number of benzene rings is 1. The van der Waals surface area contributed by atoms with E-state index >= 15 is 0 Å². The van der Waals surface area contributed by atoms with Crippen molar-refractivity contribution in [2.75, 3.05) is 0 Å². The van der Waals surface area contributed by atoms with E-state index in [-0.39, 0.29) is 5.82 Å². The molecule has 4 heteroatoms. The van der Waals surface area contributed by atoms with Gasteiger partial charge in [0, 0.05) is 5.56 Å². The summed E-state index contributed by atoms with van der Waals surface area (Å²) in [5, 5.41) is 0. The highest BCUT2D eigenvalue weighted by atomic mass is 32.1.